The fraction of sp³-hybridized carbons (Fsp3) is 0.375. The maximum Gasteiger partial charge on any atom is 0.257 e. The molecule has 0 radical (unpaired) electrons. The number of rotatable bonds is 4. The van der Waals surface area contributed by atoms with Gasteiger partial charge in [-0.25, -0.2) is 4.68 Å². The summed E-state index contributed by atoms with van der Waals surface area (Å²) in [6.07, 6.45) is 1.73. The molecule has 0 fully saturated rings. The van der Waals surface area contributed by atoms with Crippen LogP contribution in [-0.2, 0) is 0 Å². The molecule has 1 amide bonds. The lowest BCUT2D eigenvalue weighted by Gasteiger charge is -2.25. The Hall–Kier alpha value is -2.14. The van der Waals surface area contributed by atoms with Gasteiger partial charge in [-0.1, -0.05) is 18.2 Å². The van der Waals surface area contributed by atoms with Gasteiger partial charge in [0.25, 0.3) is 5.91 Å². The van der Waals surface area contributed by atoms with Crippen molar-refractivity contribution in [3.63, 3.8) is 0 Å². The number of benzene rings is 1. The number of hydrogen-bond donors (Lipinski definition) is 1. The molecule has 112 valence electrons. The molecule has 0 aliphatic carbocycles. The molecule has 1 N–H and O–H groups in total. The van der Waals surface area contributed by atoms with Crippen LogP contribution in [0.5, 0.6) is 0 Å². The predicted molar refractivity (Wildman–Crippen MR) is 81.6 cm³/mol. The van der Waals surface area contributed by atoms with Gasteiger partial charge in [0.15, 0.2) is 0 Å². The van der Waals surface area contributed by atoms with Crippen LogP contribution in [-0.4, -0.2) is 44.9 Å². The van der Waals surface area contributed by atoms with Crippen molar-refractivity contribution >= 4 is 5.91 Å². The molecule has 0 saturated carbocycles. The second-order valence-electron chi connectivity index (χ2n) is 5.88. The van der Waals surface area contributed by atoms with Gasteiger partial charge in [0.1, 0.15) is 0 Å². The first kappa shape index (κ1) is 15.3. The molecule has 1 heterocycles. The van der Waals surface area contributed by atoms with Crippen molar-refractivity contribution in [1.29, 1.82) is 0 Å². The van der Waals surface area contributed by atoms with Gasteiger partial charge in [-0.05, 0) is 32.9 Å². The fourth-order valence-corrected chi connectivity index (χ4v) is 2.24. The highest BCUT2D eigenvalue weighted by atomic mass is 16.3. The molecule has 0 spiro atoms. The summed E-state index contributed by atoms with van der Waals surface area (Å²) in [6.45, 7) is 5.43. The van der Waals surface area contributed by atoms with Crippen LogP contribution >= 0.6 is 0 Å². The van der Waals surface area contributed by atoms with E-state index in [4.69, 9.17) is 0 Å². The molecule has 1 aromatic heterocycles. The number of aliphatic hydroxyl groups is 1. The average Bonchev–Trinajstić information content (AvgIpc) is 2.79. The van der Waals surface area contributed by atoms with E-state index >= 15 is 0 Å². The van der Waals surface area contributed by atoms with Gasteiger partial charge < -0.3 is 10.0 Å². The van der Waals surface area contributed by atoms with Crippen molar-refractivity contribution in [3.05, 3.63) is 47.8 Å². The van der Waals surface area contributed by atoms with Gasteiger partial charge in [0.2, 0.25) is 0 Å². The Morgan fingerprint density at radius 3 is 2.52 bits per heavy atom. The maximum absolute atomic E-state index is 12.4. The second-order valence-corrected chi connectivity index (χ2v) is 5.88. The number of hydrogen-bond acceptors (Lipinski definition) is 3. The van der Waals surface area contributed by atoms with E-state index in [0.29, 0.717) is 11.3 Å². The minimum atomic E-state index is -0.923. The summed E-state index contributed by atoms with van der Waals surface area (Å²) in [5.74, 6) is -0.142. The van der Waals surface area contributed by atoms with Crippen LogP contribution in [0.2, 0.25) is 0 Å². The van der Waals surface area contributed by atoms with Crippen molar-refractivity contribution in [1.82, 2.24) is 14.7 Å². The molecule has 0 atom stereocenters. The van der Waals surface area contributed by atoms with Crippen LogP contribution in [0.15, 0.2) is 36.5 Å². The maximum atomic E-state index is 12.4. The Morgan fingerprint density at radius 2 is 1.95 bits per heavy atom. The van der Waals surface area contributed by atoms with E-state index in [1.165, 1.54) is 4.90 Å². The van der Waals surface area contributed by atoms with Crippen molar-refractivity contribution in [2.45, 2.75) is 26.4 Å². The molecule has 1 aromatic carbocycles. The van der Waals surface area contributed by atoms with Crippen LogP contribution in [0, 0.1) is 6.92 Å². The largest absolute Gasteiger partial charge is 0.389 e. The molecule has 21 heavy (non-hydrogen) atoms. The van der Waals surface area contributed by atoms with E-state index in [2.05, 4.69) is 5.10 Å². The van der Waals surface area contributed by atoms with E-state index in [9.17, 15) is 9.90 Å². The number of carbonyl (C=O) groups excluding carboxylic acids is 1. The SMILES string of the molecule is Cc1nn(-c2ccccc2)cc1C(=O)N(C)CC(C)(C)O. The average molecular weight is 287 g/mol. The van der Waals surface area contributed by atoms with Gasteiger partial charge in [-0.2, -0.15) is 5.10 Å². The third-order valence-corrected chi connectivity index (χ3v) is 3.12. The molecular formula is C16H21N3O2. The predicted octanol–water partition coefficient (Wildman–Crippen LogP) is 2.02. The Labute approximate surface area is 124 Å². The van der Waals surface area contributed by atoms with Crippen LogP contribution in [0.25, 0.3) is 5.69 Å². The fourth-order valence-electron chi connectivity index (χ4n) is 2.24. The van der Waals surface area contributed by atoms with Crippen molar-refractivity contribution in [2.24, 2.45) is 0 Å². The lowest BCUT2D eigenvalue weighted by atomic mass is 10.1. The highest BCUT2D eigenvalue weighted by Gasteiger charge is 2.23. The zero-order valence-electron chi connectivity index (χ0n) is 12.9. The molecule has 5 nitrogen and oxygen atoms in total. The van der Waals surface area contributed by atoms with Crippen molar-refractivity contribution in [3.8, 4) is 5.69 Å². The summed E-state index contributed by atoms with van der Waals surface area (Å²) >= 11 is 0. The van der Waals surface area contributed by atoms with Crippen LogP contribution in [0.1, 0.15) is 29.9 Å². The van der Waals surface area contributed by atoms with E-state index in [-0.39, 0.29) is 12.5 Å². The van der Waals surface area contributed by atoms with Crippen LogP contribution in [0.3, 0.4) is 0 Å². The number of amides is 1. The molecule has 0 aliphatic heterocycles. The molecule has 0 aliphatic rings. The number of nitrogens with zero attached hydrogens (tertiary/aromatic N) is 3. The first-order chi connectivity index (χ1) is 9.78. The lowest BCUT2D eigenvalue weighted by molar-refractivity contribution is 0.0367. The van der Waals surface area contributed by atoms with Crippen molar-refractivity contribution in [2.75, 3.05) is 13.6 Å². The molecule has 5 heteroatoms. The Balaban J connectivity index is 2.25. The molecule has 0 saturated heterocycles. The summed E-state index contributed by atoms with van der Waals surface area (Å²) in [7, 11) is 1.68. The lowest BCUT2D eigenvalue weighted by Crippen LogP contribution is -2.39. The van der Waals surface area contributed by atoms with Crippen LogP contribution in [0.4, 0.5) is 0 Å². The molecule has 0 bridgehead atoms. The van der Waals surface area contributed by atoms with Gasteiger partial charge in [0, 0.05) is 19.8 Å². The molecular weight excluding hydrogens is 266 g/mol. The smallest absolute Gasteiger partial charge is 0.257 e. The van der Waals surface area contributed by atoms with Gasteiger partial charge in [-0.3, -0.25) is 4.79 Å². The third kappa shape index (κ3) is 3.70. The molecule has 2 aromatic rings. The summed E-state index contributed by atoms with van der Waals surface area (Å²) in [6, 6.07) is 9.65. The molecule has 2 rings (SSSR count). The normalized spacial score (nSPS) is 11.5. The van der Waals surface area contributed by atoms with E-state index in [0.717, 1.165) is 5.69 Å². The zero-order valence-corrected chi connectivity index (χ0v) is 12.9. The zero-order chi connectivity index (χ0) is 15.6. The van der Waals surface area contributed by atoms with E-state index in [1.807, 2.05) is 37.3 Å². The highest BCUT2D eigenvalue weighted by molar-refractivity contribution is 5.95. The number of aryl methyl sites for hydroxylation is 1. The number of carbonyl (C=O) groups is 1. The summed E-state index contributed by atoms with van der Waals surface area (Å²) in [4.78, 5) is 14.0. The van der Waals surface area contributed by atoms with E-state index in [1.54, 1.807) is 31.8 Å². The Morgan fingerprint density at radius 1 is 1.33 bits per heavy atom. The summed E-state index contributed by atoms with van der Waals surface area (Å²) in [5, 5.41) is 14.2. The standard InChI is InChI=1S/C16H21N3O2/c1-12-14(15(20)18(4)11-16(2,3)21)10-19(17-12)13-8-6-5-7-9-13/h5-10,21H,11H2,1-4H3. The quantitative estimate of drug-likeness (QED) is 0.936. The van der Waals surface area contributed by atoms with Gasteiger partial charge in [-0.15, -0.1) is 0 Å². The number of likely N-dealkylation sites (N-methyl/N-ethyl adjacent to an activating group) is 1. The Kier molecular flexibility index (Phi) is 4.14. The number of aromatic nitrogens is 2. The first-order valence-electron chi connectivity index (χ1n) is 6.87. The summed E-state index contributed by atoms with van der Waals surface area (Å²) in [5.41, 5.74) is 1.20. The topological polar surface area (TPSA) is 58.4 Å². The molecule has 0 unspecified atom stereocenters. The van der Waals surface area contributed by atoms with Crippen molar-refractivity contribution < 1.29 is 9.90 Å². The van der Waals surface area contributed by atoms with Gasteiger partial charge >= 0.3 is 0 Å². The minimum Gasteiger partial charge on any atom is -0.389 e. The third-order valence-electron chi connectivity index (χ3n) is 3.12. The Bertz CT molecular complexity index is 627. The monoisotopic (exact) mass is 287 g/mol. The first-order valence-corrected chi connectivity index (χ1v) is 6.87. The van der Waals surface area contributed by atoms with Crippen LogP contribution < -0.4 is 0 Å². The van der Waals surface area contributed by atoms with E-state index < -0.39 is 5.60 Å². The highest BCUT2D eigenvalue weighted by Crippen LogP contribution is 2.14. The summed E-state index contributed by atoms with van der Waals surface area (Å²) < 4.78 is 1.69. The number of para-hydroxylation sites is 1. The minimum absolute atomic E-state index is 0.142. The van der Waals surface area contributed by atoms with Gasteiger partial charge in [0.05, 0.1) is 22.5 Å². The second kappa shape index (κ2) is 5.69.